The van der Waals surface area contributed by atoms with Crippen LogP contribution in [0.15, 0.2) is 30.9 Å². The van der Waals surface area contributed by atoms with Crippen molar-refractivity contribution in [3.05, 3.63) is 36.5 Å². The molecule has 1 aliphatic carbocycles. The van der Waals surface area contributed by atoms with Crippen LogP contribution in [-0.2, 0) is 4.74 Å². The van der Waals surface area contributed by atoms with E-state index in [1.165, 1.54) is 25.8 Å². The molecule has 3 fully saturated rings. The monoisotopic (exact) mass is 382 g/mol. The molecule has 148 valence electrons. The Morgan fingerprint density at radius 3 is 2.82 bits per heavy atom. The molecule has 2 aromatic rings. The van der Waals surface area contributed by atoms with Gasteiger partial charge in [0, 0.05) is 26.2 Å². The van der Waals surface area contributed by atoms with E-state index in [2.05, 4.69) is 20.1 Å². The van der Waals surface area contributed by atoms with Gasteiger partial charge in [-0.1, -0.05) is 12.5 Å². The fourth-order valence-corrected chi connectivity index (χ4v) is 4.56. The summed E-state index contributed by atoms with van der Waals surface area (Å²) in [5.74, 6) is 1.47. The van der Waals surface area contributed by atoms with E-state index in [0.29, 0.717) is 31.2 Å². The maximum Gasteiger partial charge on any atom is 0.272 e. The first-order valence-corrected chi connectivity index (χ1v) is 10.2. The van der Waals surface area contributed by atoms with Crippen molar-refractivity contribution in [1.82, 2.24) is 29.5 Å². The molecule has 1 saturated carbocycles. The van der Waals surface area contributed by atoms with Crippen molar-refractivity contribution in [3.8, 4) is 5.82 Å². The number of aromatic nitrogens is 4. The summed E-state index contributed by atoms with van der Waals surface area (Å²) in [6, 6.07) is 5.47. The predicted octanol–water partition coefficient (Wildman–Crippen LogP) is 1.38. The Hall–Kier alpha value is -2.32. The van der Waals surface area contributed by atoms with Crippen LogP contribution in [-0.4, -0.2) is 80.4 Å². The van der Waals surface area contributed by atoms with Gasteiger partial charge < -0.3 is 14.5 Å². The lowest BCUT2D eigenvalue weighted by atomic mass is 9.85. The largest absolute Gasteiger partial charge is 0.370 e. The van der Waals surface area contributed by atoms with E-state index in [4.69, 9.17) is 4.74 Å². The third-order valence-electron chi connectivity index (χ3n) is 6.31. The van der Waals surface area contributed by atoms with Gasteiger partial charge in [-0.3, -0.25) is 9.36 Å². The molecule has 5 rings (SSSR count). The molecular formula is C20H26N6O2. The van der Waals surface area contributed by atoms with Crippen molar-refractivity contribution in [1.29, 1.82) is 0 Å². The number of hydrogen-bond acceptors (Lipinski definition) is 6. The number of carbonyl (C=O) groups is 1. The van der Waals surface area contributed by atoms with Gasteiger partial charge in [-0.05, 0) is 37.3 Å². The summed E-state index contributed by atoms with van der Waals surface area (Å²) in [4.78, 5) is 22.1. The second-order valence-electron chi connectivity index (χ2n) is 8.29. The minimum atomic E-state index is -0.219. The van der Waals surface area contributed by atoms with Crippen molar-refractivity contribution < 1.29 is 9.53 Å². The molecule has 0 radical (unpaired) electrons. The molecule has 1 spiro atoms. The highest BCUT2D eigenvalue weighted by Crippen LogP contribution is 2.33. The van der Waals surface area contributed by atoms with Crippen LogP contribution in [0, 0.1) is 5.92 Å². The molecule has 8 heteroatoms. The summed E-state index contributed by atoms with van der Waals surface area (Å²) in [7, 11) is 0. The summed E-state index contributed by atoms with van der Waals surface area (Å²) in [6.07, 6.45) is 8.26. The Morgan fingerprint density at radius 2 is 2.04 bits per heavy atom. The quantitative estimate of drug-likeness (QED) is 0.795. The molecule has 28 heavy (non-hydrogen) atoms. The van der Waals surface area contributed by atoms with Crippen molar-refractivity contribution >= 4 is 5.91 Å². The summed E-state index contributed by atoms with van der Waals surface area (Å²) in [5.41, 5.74) is 0.233. The van der Waals surface area contributed by atoms with Gasteiger partial charge in [-0.25, -0.2) is 4.98 Å². The number of carbonyl (C=O) groups excluding carboxylic acids is 1. The van der Waals surface area contributed by atoms with Crippen LogP contribution in [0.2, 0.25) is 0 Å². The van der Waals surface area contributed by atoms with Gasteiger partial charge in [-0.15, -0.1) is 10.2 Å². The number of pyridine rings is 1. The van der Waals surface area contributed by atoms with Gasteiger partial charge in [0.2, 0.25) is 0 Å². The van der Waals surface area contributed by atoms with E-state index in [1.54, 1.807) is 23.3 Å². The minimum absolute atomic E-state index is 0.0324. The maximum absolute atomic E-state index is 13.1. The number of hydrogen-bond donors (Lipinski definition) is 0. The van der Waals surface area contributed by atoms with Gasteiger partial charge >= 0.3 is 0 Å². The molecule has 2 aromatic heterocycles. The van der Waals surface area contributed by atoms with Gasteiger partial charge in [-0.2, -0.15) is 0 Å². The molecule has 0 aromatic carbocycles. The Kier molecular flexibility index (Phi) is 4.60. The zero-order valence-corrected chi connectivity index (χ0v) is 16.0. The molecule has 0 bridgehead atoms. The second-order valence-corrected chi connectivity index (χ2v) is 8.29. The number of amides is 1. The van der Waals surface area contributed by atoms with Crippen molar-refractivity contribution in [2.75, 3.05) is 39.3 Å². The van der Waals surface area contributed by atoms with Crippen LogP contribution in [0.3, 0.4) is 0 Å². The summed E-state index contributed by atoms with van der Waals surface area (Å²) >= 11 is 0. The van der Waals surface area contributed by atoms with E-state index >= 15 is 0 Å². The predicted molar refractivity (Wildman–Crippen MR) is 102 cm³/mol. The molecule has 2 saturated heterocycles. The van der Waals surface area contributed by atoms with Crippen molar-refractivity contribution in [2.24, 2.45) is 5.92 Å². The number of rotatable bonds is 4. The fourth-order valence-electron chi connectivity index (χ4n) is 4.56. The zero-order valence-electron chi connectivity index (χ0n) is 16.0. The highest BCUT2D eigenvalue weighted by molar-refractivity contribution is 5.92. The molecule has 8 nitrogen and oxygen atoms in total. The first-order chi connectivity index (χ1) is 13.7. The smallest absolute Gasteiger partial charge is 0.272 e. The molecular weight excluding hydrogens is 356 g/mol. The second kappa shape index (κ2) is 7.25. The first-order valence-electron chi connectivity index (χ1n) is 10.2. The lowest BCUT2D eigenvalue weighted by Gasteiger charge is -2.40. The van der Waals surface area contributed by atoms with Gasteiger partial charge in [0.15, 0.2) is 0 Å². The van der Waals surface area contributed by atoms with Crippen LogP contribution >= 0.6 is 0 Å². The van der Waals surface area contributed by atoms with E-state index in [1.807, 2.05) is 17.0 Å². The lowest BCUT2D eigenvalue weighted by Crippen LogP contribution is -2.55. The van der Waals surface area contributed by atoms with Crippen LogP contribution in [0.4, 0.5) is 0 Å². The van der Waals surface area contributed by atoms with Crippen molar-refractivity contribution in [3.63, 3.8) is 0 Å². The zero-order chi connectivity index (χ0) is 19.0. The van der Waals surface area contributed by atoms with Gasteiger partial charge in [0.25, 0.3) is 5.91 Å². The SMILES string of the molecule is O=C(c1cccc(-n2cnnc2)n1)N1CCOC2(CCN(CC3CCC3)C2)C1. The topological polar surface area (TPSA) is 76.4 Å². The third-order valence-corrected chi connectivity index (χ3v) is 6.31. The average molecular weight is 382 g/mol. The highest BCUT2D eigenvalue weighted by Gasteiger charge is 2.44. The van der Waals surface area contributed by atoms with Gasteiger partial charge in [0.05, 0.1) is 18.8 Å². The van der Waals surface area contributed by atoms with Crippen LogP contribution in [0.25, 0.3) is 5.82 Å². The molecule has 3 aliphatic rings. The minimum Gasteiger partial charge on any atom is -0.370 e. The Labute approximate surface area is 164 Å². The van der Waals surface area contributed by atoms with Crippen LogP contribution in [0.1, 0.15) is 36.2 Å². The molecule has 1 amide bonds. The molecule has 1 atom stereocenters. The summed E-state index contributed by atoms with van der Waals surface area (Å²) in [6.45, 7) is 5.03. The number of ether oxygens (including phenoxy) is 1. The molecule has 2 aliphatic heterocycles. The molecule has 4 heterocycles. The van der Waals surface area contributed by atoms with E-state index < -0.39 is 0 Å². The normalized spacial score (nSPS) is 25.9. The van der Waals surface area contributed by atoms with Gasteiger partial charge in [0.1, 0.15) is 24.2 Å². The molecule has 0 N–H and O–H groups in total. The fraction of sp³-hybridized carbons (Fsp3) is 0.600. The third kappa shape index (κ3) is 3.42. The number of likely N-dealkylation sites (tertiary alicyclic amines) is 1. The maximum atomic E-state index is 13.1. The Bertz CT molecular complexity index is 837. The standard InChI is InChI=1S/C20H26N6O2/c27-19(17-5-2-6-18(23-17)26-14-21-22-15-26)25-9-10-28-20(13-25)7-8-24(12-20)11-16-3-1-4-16/h2,5-6,14-16H,1,3-4,7-13H2. The summed E-state index contributed by atoms with van der Waals surface area (Å²) < 4.78 is 7.91. The Balaban J connectivity index is 1.27. The van der Waals surface area contributed by atoms with Crippen molar-refractivity contribution in [2.45, 2.75) is 31.3 Å². The Morgan fingerprint density at radius 1 is 1.18 bits per heavy atom. The number of morpholine rings is 1. The molecule has 1 unspecified atom stereocenters. The van der Waals surface area contributed by atoms with Crippen LogP contribution in [0.5, 0.6) is 0 Å². The van der Waals surface area contributed by atoms with E-state index in [9.17, 15) is 4.79 Å². The van der Waals surface area contributed by atoms with E-state index in [-0.39, 0.29) is 11.5 Å². The summed E-state index contributed by atoms with van der Waals surface area (Å²) in [5, 5.41) is 7.61. The average Bonchev–Trinajstić information content (AvgIpc) is 3.35. The highest BCUT2D eigenvalue weighted by atomic mass is 16.5. The number of nitrogens with zero attached hydrogens (tertiary/aromatic N) is 6. The first kappa shape index (κ1) is 17.8. The van der Waals surface area contributed by atoms with Crippen LogP contribution < -0.4 is 0 Å². The lowest BCUT2D eigenvalue weighted by molar-refractivity contribution is -0.0924. The van der Waals surface area contributed by atoms with E-state index in [0.717, 1.165) is 25.4 Å².